The van der Waals surface area contributed by atoms with E-state index in [1.165, 1.54) is 0 Å². The van der Waals surface area contributed by atoms with Gasteiger partial charge in [-0.25, -0.2) is 0 Å². The maximum atomic E-state index is 10.0. The lowest BCUT2D eigenvalue weighted by molar-refractivity contribution is 0.621. The fraction of sp³-hybridized carbons (Fsp3) is 0.143. The summed E-state index contributed by atoms with van der Waals surface area (Å²) in [7, 11) is -2.41. The number of hydrogen-bond acceptors (Lipinski definition) is 3. The molecule has 1 aromatic rings. The molecular formula is C7H9ClN2O2S. The van der Waals surface area contributed by atoms with Crippen molar-refractivity contribution < 1.29 is 8.42 Å². The van der Waals surface area contributed by atoms with Crippen molar-refractivity contribution in [1.82, 2.24) is 0 Å². The minimum Gasteiger partial charge on any atom is -0.263 e. The van der Waals surface area contributed by atoms with Crippen LogP contribution in [0.25, 0.3) is 0 Å². The molecule has 0 spiro atoms. The van der Waals surface area contributed by atoms with Crippen LogP contribution in [-0.4, -0.2) is 8.42 Å². The number of anilines is 1. The highest BCUT2D eigenvalue weighted by Gasteiger charge is 1.87. The monoisotopic (exact) mass is 220 g/mol. The van der Waals surface area contributed by atoms with Gasteiger partial charge in [0.05, 0.1) is 5.69 Å². The second-order valence-corrected chi connectivity index (χ2v) is 2.90. The summed E-state index contributed by atoms with van der Waals surface area (Å²) in [5.74, 6) is 0. The van der Waals surface area contributed by atoms with Gasteiger partial charge < -0.3 is 0 Å². The van der Waals surface area contributed by atoms with Crippen molar-refractivity contribution in [2.24, 2.45) is 4.47 Å². The van der Waals surface area contributed by atoms with Crippen molar-refractivity contribution in [3.8, 4) is 0 Å². The number of rotatable bonds is 2. The highest BCUT2D eigenvalue weighted by molar-refractivity contribution is 7.61. The van der Waals surface area contributed by atoms with E-state index < -0.39 is 10.5 Å². The molecule has 1 aromatic carbocycles. The average molecular weight is 221 g/mol. The van der Waals surface area contributed by atoms with Crippen LogP contribution >= 0.6 is 12.4 Å². The highest BCUT2D eigenvalue weighted by atomic mass is 35.5. The molecule has 0 aliphatic heterocycles. The Hall–Kier alpha value is -1.07. The molecule has 0 aromatic heterocycles. The van der Waals surface area contributed by atoms with Crippen LogP contribution in [0.2, 0.25) is 0 Å². The second-order valence-electron chi connectivity index (χ2n) is 2.29. The fourth-order valence-electron chi connectivity index (χ4n) is 0.718. The van der Waals surface area contributed by atoms with E-state index in [0.717, 1.165) is 5.56 Å². The molecule has 6 heteroatoms. The first kappa shape index (κ1) is 11.9. The van der Waals surface area contributed by atoms with Crippen LogP contribution in [0.5, 0.6) is 0 Å². The molecule has 4 nitrogen and oxygen atoms in total. The molecule has 0 saturated heterocycles. The van der Waals surface area contributed by atoms with E-state index in [0.29, 0.717) is 5.69 Å². The van der Waals surface area contributed by atoms with Crippen LogP contribution in [0.4, 0.5) is 5.69 Å². The first-order valence-electron chi connectivity index (χ1n) is 3.31. The van der Waals surface area contributed by atoms with Gasteiger partial charge in [0, 0.05) is 0 Å². The lowest BCUT2D eigenvalue weighted by Gasteiger charge is -1.96. The van der Waals surface area contributed by atoms with Crippen molar-refractivity contribution in [3.63, 3.8) is 0 Å². The Labute approximate surface area is 84.1 Å². The van der Waals surface area contributed by atoms with E-state index in [4.69, 9.17) is 0 Å². The quantitative estimate of drug-likeness (QED) is 0.774. The topological polar surface area (TPSA) is 58.5 Å². The van der Waals surface area contributed by atoms with Gasteiger partial charge in [-0.3, -0.25) is 5.43 Å². The van der Waals surface area contributed by atoms with Crippen molar-refractivity contribution in [1.29, 1.82) is 0 Å². The number of hydrogen-bond donors (Lipinski definition) is 1. The predicted molar refractivity (Wildman–Crippen MR) is 53.4 cm³/mol. The molecule has 1 rings (SSSR count). The fourth-order valence-corrected chi connectivity index (χ4v) is 0.898. The molecule has 1 N–H and O–H groups in total. The zero-order valence-electron chi connectivity index (χ0n) is 6.89. The molecule has 0 aliphatic carbocycles. The molecule has 0 heterocycles. The standard InChI is InChI=1S/C7H8N2O2S.ClH/c1-6-2-4-7(5-3-6)8-9-12(10)11;/h2-5,8H,1H3;1H. The van der Waals surface area contributed by atoms with Crippen LogP contribution in [0.1, 0.15) is 5.56 Å². The van der Waals surface area contributed by atoms with Gasteiger partial charge in [-0.15, -0.1) is 12.4 Å². The third kappa shape index (κ3) is 4.49. The molecule has 0 fully saturated rings. The Morgan fingerprint density at radius 1 is 1.23 bits per heavy atom. The largest absolute Gasteiger partial charge is 0.332 e. The minimum absolute atomic E-state index is 0. The van der Waals surface area contributed by atoms with Gasteiger partial charge in [0.2, 0.25) is 0 Å². The Kier molecular flexibility index (Phi) is 5.10. The smallest absolute Gasteiger partial charge is 0.263 e. The lowest BCUT2D eigenvalue weighted by atomic mass is 10.2. The summed E-state index contributed by atoms with van der Waals surface area (Å²) in [6, 6.07) is 7.24. The van der Waals surface area contributed by atoms with Gasteiger partial charge in [-0.2, -0.15) is 8.42 Å². The maximum absolute atomic E-state index is 10.0. The van der Waals surface area contributed by atoms with Crippen molar-refractivity contribution in [2.75, 3.05) is 5.43 Å². The van der Waals surface area contributed by atoms with Crippen LogP contribution in [0, 0.1) is 6.92 Å². The lowest BCUT2D eigenvalue weighted by Crippen LogP contribution is -1.86. The predicted octanol–water partition coefficient (Wildman–Crippen LogP) is 1.81. The number of halogens is 1. The number of nitrogens with one attached hydrogen (secondary N) is 1. The van der Waals surface area contributed by atoms with Crippen molar-refractivity contribution in [2.45, 2.75) is 6.92 Å². The third-order valence-electron chi connectivity index (χ3n) is 1.30. The van der Waals surface area contributed by atoms with Gasteiger partial charge in [-0.1, -0.05) is 22.2 Å². The van der Waals surface area contributed by atoms with Gasteiger partial charge in [0.1, 0.15) is 0 Å². The molecule has 0 radical (unpaired) electrons. The molecule has 72 valence electrons. The molecule has 0 amide bonds. The van der Waals surface area contributed by atoms with Crippen LogP contribution < -0.4 is 5.43 Å². The van der Waals surface area contributed by atoms with Crippen molar-refractivity contribution in [3.05, 3.63) is 29.8 Å². The number of benzene rings is 1. The Morgan fingerprint density at radius 3 is 2.23 bits per heavy atom. The van der Waals surface area contributed by atoms with Gasteiger partial charge in [0.15, 0.2) is 0 Å². The van der Waals surface area contributed by atoms with E-state index >= 15 is 0 Å². The Balaban J connectivity index is 0.00000144. The summed E-state index contributed by atoms with van der Waals surface area (Å²) in [4.78, 5) is 0. The second kappa shape index (κ2) is 5.55. The molecule has 0 bridgehead atoms. The van der Waals surface area contributed by atoms with Crippen molar-refractivity contribution >= 4 is 28.6 Å². The maximum Gasteiger partial charge on any atom is 0.332 e. The summed E-state index contributed by atoms with van der Waals surface area (Å²) >= 11 is 0. The van der Waals surface area contributed by atoms with Gasteiger partial charge >= 0.3 is 10.5 Å². The first-order chi connectivity index (χ1) is 5.68. The number of nitrogens with zero attached hydrogens (tertiary/aromatic N) is 1. The molecule has 13 heavy (non-hydrogen) atoms. The Morgan fingerprint density at radius 2 is 1.77 bits per heavy atom. The Bertz CT molecular complexity index is 377. The summed E-state index contributed by atoms with van der Waals surface area (Å²) in [6.45, 7) is 1.95. The normalized spacial score (nSPS) is 8.38. The van der Waals surface area contributed by atoms with Gasteiger partial charge in [-0.05, 0) is 19.1 Å². The van der Waals surface area contributed by atoms with Crippen LogP contribution in [0.3, 0.4) is 0 Å². The zero-order chi connectivity index (χ0) is 8.97. The molecule has 0 aliphatic rings. The van der Waals surface area contributed by atoms with E-state index in [1.54, 1.807) is 12.1 Å². The first-order valence-corrected chi connectivity index (χ1v) is 4.34. The molecular weight excluding hydrogens is 212 g/mol. The van der Waals surface area contributed by atoms with Crippen LogP contribution in [0.15, 0.2) is 28.7 Å². The zero-order valence-corrected chi connectivity index (χ0v) is 8.52. The van der Waals surface area contributed by atoms with E-state index in [2.05, 4.69) is 9.90 Å². The third-order valence-corrected chi connectivity index (χ3v) is 1.54. The van der Waals surface area contributed by atoms with E-state index in [-0.39, 0.29) is 12.4 Å². The molecule has 0 atom stereocenters. The average Bonchev–Trinajstić information content (AvgIpc) is 2.03. The minimum atomic E-state index is -2.41. The van der Waals surface area contributed by atoms with E-state index in [9.17, 15) is 8.42 Å². The van der Waals surface area contributed by atoms with Crippen LogP contribution in [-0.2, 0) is 10.5 Å². The summed E-state index contributed by atoms with van der Waals surface area (Å²) in [5.41, 5.74) is 4.16. The molecule has 0 unspecified atom stereocenters. The summed E-state index contributed by atoms with van der Waals surface area (Å²) in [6.07, 6.45) is 0. The molecule has 0 saturated carbocycles. The summed E-state index contributed by atoms with van der Waals surface area (Å²) in [5, 5.41) is 0. The SMILES string of the molecule is Cc1ccc(NN=S(=O)=O)cc1.Cl. The van der Waals surface area contributed by atoms with E-state index in [1.807, 2.05) is 19.1 Å². The number of aryl methyl sites for hydroxylation is 1. The van der Waals surface area contributed by atoms with Gasteiger partial charge in [0.25, 0.3) is 0 Å². The highest BCUT2D eigenvalue weighted by Crippen LogP contribution is 2.07. The summed E-state index contributed by atoms with van der Waals surface area (Å²) < 4.78 is 23.1.